The molecule has 0 spiro atoms. The van der Waals surface area contributed by atoms with Crippen LogP contribution in [0.15, 0.2) is 24.5 Å². The van der Waals surface area contributed by atoms with Gasteiger partial charge in [-0.1, -0.05) is 0 Å². The Labute approximate surface area is 205 Å². The smallest absolute Gasteiger partial charge is 0.376 e. The Morgan fingerprint density at radius 1 is 1.28 bits per heavy atom. The van der Waals surface area contributed by atoms with Crippen molar-refractivity contribution in [2.45, 2.75) is 19.4 Å². The van der Waals surface area contributed by atoms with Crippen molar-refractivity contribution in [2.75, 3.05) is 37.0 Å². The molecule has 2 aliphatic rings. The van der Waals surface area contributed by atoms with Crippen molar-refractivity contribution in [3.05, 3.63) is 36.2 Å². The van der Waals surface area contributed by atoms with Crippen LogP contribution in [0.3, 0.4) is 0 Å². The van der Waals surface area contributed by atoms with Crippen molar-refractivity contribution >= 4 is 39.4 Å². The highest BCUT2D eigenvalue weighted by Crippen LogP contribution is 2.44. The quantitative estimate of drug-likeness (QED) is 0.344. The number of nitrogens with zero attached hydrogens (tertiary/aromatic N) is 5. The van der Waals surface area contributed by atoms with Crippen LogP contribution in [-0.4, -0.2) is 63.7 Å². The van der Waals surface area contributed by atoms with Crippen molar-refractivity contribution in [3.8, 4) is 11.8 Å². The third-order valence-corrected chi connectivity index (χ3v) is 6.97. The van der Waals surface area contributed by atoms with E-state index in [1.54, 1.807) is 14.0 Å². The van der Waals surface area contributed by atoms with Gasteiger partial charge in [0.05, 0.1) is 35.6 Å². The second-order valence-electron chi connectivity index (χ2n) is 9.10. The van der Waals surface area contributed by atoms with Crippen LogP contribution >= 0.6 is 0 Å². The summed E-state index contributed by atoms with van der Waals surface area (Å²) in [5.74, 6) is 0.779. The molecule has 0 bridgehead atoms. The first-order valence-electron chi connectivity index (χ1n) is 11.8. The first kappa shape index (κ1) is 22.4. The first-order valence-corrected chi connectivity index (χ1v) is 11.8. The highest BCUT2D eigenvalue weighted by Gasteiger charge is 2.46. The Hall–Kier alpha value is -4.06. The number of halogens is 1. The zero-order valence-electron chi connectivity index (χ0n) is 19.8. The lowest BCUT2D eigenvalue weighted by atomic mass is 9.72. The lowest BCUT2D eigenvalue weighted by Crippen LogP contribution is -2.46. The summed E-state index contributed by atoms with van der Waals surface area (Å²) in [6.45, 7) is 3.50. The number of nitrogens with two attached hydrogens (primary N) is 1. The fourth-order valence-corrected chi connectivity index (χ4v) is 5.20. The summed E-state index contributed by atoms with van der Waals surface area (Å²) >= 11 is 0. The number of rotatable bonds is 6. The molecule has 4 heterocycles. The summed E-state index contributed by atoms with van der Waals surface area (Å²) in [6.07, 6.45) is 3.71. The maximum atomic E-state index is 14.5. The summed E-state index contributed by atoms with van der Waals surface area (Å²) in [4.78, 5) is 34.6. The normalized spacial score (nSPS) is 20.9. The van der Waals surface area contributed by atoms with Crippen LogP contribution in [0.4, 0.5) is 15.9 Å². The van der Waals surface area contributed by atoms with Crippen molar-refractivity contribution < 1.29 is 18.7 Å². The molecule has 12 heteroatoms. The Morgan fingerprint density at radius 3 is 2.78 bits per heavy atom. The van der Waals surface area contributed by atoms with Gasteiger partial charge in [0.2, 0.25) is 5.82 Å². The first-order chi connectivity index (χ1) is 17.4. The molecule has 4 aromatic rings. The molecule has 1 aliphatic carbocycles. The average molecular weight is 493 g/mol. The molecule has 1 aromatic carbocycles. The highest BCUT2D eigenvalue weighted by molar-refractivity contribution is 6.14. The summed E-state index contributed by atoms with van der Waals surface area (Å²) in [6, 6.07) is 3.17. The topological polar surface area (TPSA) is 144 Å². The SMILES string of the molecule is CCOC(=O)c1ncc(Oc2nc(N3CC4C[C@@H](N)C4C3)c3c(n2)[nH]c2c(NC)cc(F)cc23)cn1. The summed E-state index contributed by atoms with van der Waals surface area (Å²) < 4.78 is 25.3. The number of nitrogens with one attached hydrogen (secondary N) is 2. The van der Waals surface area contributed by atoms with Gasteiger partial charge < -0.3 is 30.4 Å². The predicted octanol–water partition coefficient (Wildman–Crippen LogP) is 2.83. The second-order valence-corrected chi connectivity index (χ2v) is 9.10. The lowest BCUT2D eigenvalue weighted by molar-refractivity contribution is 0.0512. The predicted molar refractivity (Wildman–Crippen MR) is 131 cm³/mol. The number of carbonyl (C=O) groups excluding carboxylic acids is 1. The lowest BCUT2D eigenvalue weighted by Gasteiger charge is -2.36. The highest BCUT2D eigenvalue weighted by atomic mass is 19.1. The molecule has 0 amide bonds. The van der Waals surface area contributed by atoms with Crippen LogP contribution in [0.2, 0.25) is 0 Å². The zero-order valence-corrected chi connectivity index (χ0v) is 19.8. The molecule has 1 saturated carbocycles. The molecule has 1 aliphatic heterocycles. The van der Waals surface area contributed by atoms with Crippen molar-refractivity contribution in [2.24, 2.45) is 17.6 Å². The molecule has 1 saturated heterocycles. The molecular formula is C24H25FN8O3. The number of H-pyrrole nitrogens is 1. The van der Waals surface area contributed by atoms with E-state index < -0.39 is 5.97 Å². The molecule has 2 unspecified atom stereocenters. The maximum absolute atomic E-state index is 14.5. The van der Waals surface area contributed by atoms with Crippen molar-refractivity contribution in [3.63, 3.8) is 0 Å². The number of hydrogen-bond acceptors (Lipinski definition) is 10. The minimum Gasteiger partial charge on any atom is -0.460 e. The van der Waals surface area contributed by atoms with Gasteiger partial charge in [-0.2, -0.15) is 9.97 Å². The van der Waals surface area contributed by atoms with Crippen LogP contribution < -0.4 is 20.7 Å². The van der Waals surface area contributed by atoms with E-state index in [0.717, 1.165) is 30.4 Å². The van der Waals surface area contributed by atoms with Crippen LogP contribution in [0.25, 0.3) is 21.9 Å². The number of esters is 1. The summed E-state index contributed by atoms with van der Waals surface area (Å²) in [7, 11) is 1.74. The van der Waals surface area contributed by atoms with Gasteiger partial charge in [0.15, 0.2) is 5.75 Å². The van der Waals surface area contributed by atoms with E-state index in [1.165, 1.54) is 24.5 Å². The van der Waals surface area contributed by atoms with E-state index in [1.807, 2.05) is 0 Å². The van der Waals surface area contributed by atoms with E-state index in [9.17, 15) is 9.18 Å². The van der Waals surface area contributed by atoms with Gasteiger partial charge in [0.25, 0.3) is 0 Å². The van der Waals surface area contributed by atoms with E-state index in [0.29, 0.717) is 34.4 Å². The third-order valence-electron chi connectivity index (χ3n) is 6.97. The van der Waals surface area contributed by atoms with Gasteiger partial charge in [0.1, 0.15) is 17.3 Å². The van der Waals surface area contributed by atoms with E-state index in [2.05, 4.69) is 30.2 Å². The van der Waals surface area contributed by atoms with Crippen LogP contribution in [0, 0.1) is 17.7 Å². The maximum Gasteiger partial charge on any atom is 0.376 e. The molecule has 3 aromatic heterocycles. The largest absolute Gasteiger partial charge is 0.460 e. The number of aromatic amines is 1. The van der Waals surface area contributed by atoms with Gasteiger partial charge in [-0.15, -0.1) is 0 Å². The number of ether oxygens (including phenoxy) is 2. The molecule has 186 valence electrons. The molecule has 0 radical (unpaired) electrons. The van der Waals surface area contributed by atoms with Crippen LogP contribution in [-0.2, 0) is 4.74 Å². The van der Waals surface area contributed by atoms with Crippen molar-refractivity contribution in [1.82, 2.24) is 24.9 Å². The van der Waals surface area contributed by atoms with Crippen LogP contribution in [0.5, 0.6) is 11.8 Å². The monoisotopic (exact) mass is 492 g/mol. The Bertz CT molecular complexity index is 1470. The molecular weight excluding hydrogens is 467 g/mol. The molecule has 4 N–H and O–H groups in total. The van der Waals surface area contributed by atoms with E-state index in [-0.39, 0.29) is 36.1 Å². The number of anilines is 2. The number of hydrogen-bond donors (Lipinski definition) is 3. The van der Waals surface area contributed by atoms with Gasteiger partial charge in [-0.25, -0.2) is 19.2 Å². The number of benzene rings is 1. The molecule has 6 rings (SSSR count). The van der Waals surface area contributed by atoms with Gasteiger partial charge in [0, 0.05) is 31.6 Å². The Kier molecular flexibility index (Phi) is 5.32. The fourth-order valence-electron chi connectivity index (χ4n) is 5.20. The Morgan fingerprint density at radius 2 is 2.08 bits per heavy atom. The molecule has 2 fully saturated rings. The van der Waals surface area contributed by atoms with Gasteiger partial charge in [-0.05, 0) is 37.3 Å². The zero-order chi connectivity index (χ0) is 25.0. The van der Waals surface area contributed by atoms with E-state index >= 15 is 0 Å². The van der Waals surface area contributed by atoms with Crippen LogP contribution in [0.1, 0.15) is 24.0 Å². The molecule has 36 heavy (non-hydrogen) atoms. The van der Waals surface area contributed by atoms with Gasteiger partial charge in [-0.3, -0.25) is 0 Å². The average Bonchev–Trinajstić information content (AvgIpc) is 3.41. The van der Waals surface area contributed by atoms with E-state index in [4.69, 9.17) is 20.2 Å². The standard InChI is InChI=1S/C24H25FN8O3/c1-3-35-23(34)21-28-7-13(8-29-21)36-24-31-20-18(14-5-12(25)6-17(27-2)19(14)30-20)22(32-24)33-9-11-4-16(26)15(11)10-33/h5-8,11,15-16,27H,3-4,9-10,26H2,1-2H3,(H,30,31,32)/t11?,15?,16-/m1/s1. The minimum absolute atomic E-state index is 0.0672. The summed E-state index contributed by atoms with van der Waals surface area (Å²) in [5.41, 5.74) is 8.09. The van der Waals surface area contributed by atoms with Crippen molar-refractivity contribution in [1.29, 1.82) is 0 Å². The number of fused-ring (bicyclic) bond motifs is 4. The number of carbonyl (C=O) groups is 1. The van der Waals surface area contributed by atoms with Gasteiger partial charge >= 0.3 is 12.0 Å². The molecule has 11 nitrogen and oxygen atoms in total. The second kappa shape index (κ2) is 8.55. The minimum atomic E-state index is -0.614. The fraction of sp³-hybridized carbons (Fsp3) is 0.375. The molecule has 3 atom stereocenters. The summed E-state index contributed by atoms with van der Waals surface area (Å²) in [5, 5.41) is 4.43. The number of aromatic nitrogens is 5. The Balaban J connectivity index is 1.43. The third kappa shape index (κ3) is 3.65.